The normalized spacial score (nSPS) is 10.1. The molecule has 0 bridgehead atoms. The molecule has 0 saturated carbocycles. The van der Waals surface area contributed by atoms with E-state index in [0.29, 0.717) is 12.1 Å². The Kier molecular flexibility index (Phi) is 5.34. The van der Waals surface area contributed by atoms with E-state index in [1.54, 1.807) is 6.07 Å². The molecule has 0 radical (unpaired) electrons. The number of nitriles is 1. The molecular formula is C18H19FN2. The molecule has 0 spiro atoms. The smallest absolute Gasteiger partial charge is 0.124 e. The maximum absolute atomic E-state index is 13.3. The molecule has 0 atom stereocenters. The maximum Gasteiger partial charge on any atom is 0.124 e. The van der Waals surface area contributed by atoms with Gasteiger partial charge in [0, 0.05) is 12.2 Å². The first-order chi connectivity index (χ1) is 10.2. The third-order valence-corrected chi connectivity index (χ3v) is 3.36. The highest BCUT2D eigenvalue weighted by atomic mass is 19.1. The molecule has 21 heavy (non-hydrogen) atoms. The molecule has 2 aromatic carbocycles. The van der Waals surface area contributed by atoms with Gasteiger partial charge >= 0.3 is 0 Å². The Bertz CT molecular complexity index is 627. The van der Waals surface area contributed by atoms with E-state index in [0.717, 1.165) is 17.7 Å². The molecule has 0 aliphatic carbocycles. The van der Waals surface area contributed by atoms with Crippen molar-refractivity contribution in [3.8, 4) is 6.07 Å². The van der Waals surface area contributed by atoms with Gasteiger partial charge in [-0.3, -0.25) is 0 Å². The fraction of sp³-hybridized carbons (Fsp3) is 0.278. The van der Waals surface area contributed by atoms with E-state index < -0.39 is 0 Å². The van der Waals surface area contributed by atoms with Crippen LogP contribution in [-0.2, 0) is 13.0 Å². The van der Waals surface area contributed by atoms with Gasteiger partial charge in [-0.15, -0.1) is 0 Å². The van der Waals surface area contributed by atoms with E-state index in [-0.39, 0.29) is 5.82 Å². The largest absolute Gasteiger partial charge is 0.381 e. The van der Waals surface area contributed by atoms with Gasteiger partial charge in [-0.2, -0.15) is 5.26 Å². The molecule has 0 unspecified atom stereocenters. The first-order valence-corrected chi connectivity index (χ1v) is 7.23. The number of rotatable bonds is 6. The highest BCUT2D eigenvalue weighted by Gasteiger charge is 2.01. The number of halogens is 1. The summed E-state index contributed by atoms with van der Waals surface area (Å²) in [5.74, 6) is -0.374. The Labute approximate surface area is 125 Å². The van der Waals surface area contributed by atoms with Gasteiger partial charge in [0.1, 0.15) is 5.82 Å². The monoisotopic (exact) mass is 282 g/mol. The summed E-state index contributed by atoms with van der Waals surface area (Å²) in [7, 11) is 0. The molecule has 0 fully saturated rings. The quantitative estimate of drug-likeness (QED) is 0.837. The van der Waals surface area contributed by atoms with Crippen LogP contribution in [0.2, 0.25) is 0 Å². The van der Waals surface area contributed by atoms with Crippen LogP contribution in [0.3, 0.4) is 0 Å². The van der Waals surface area contributed by atoms with Crippen molar-refractivity contribution in [1.29, 1.82) is 5.26 Å². The number of anilines is 1. The van der Waals surface area contributed by atoms with Crippen molar-refractivity contribution in [3.63, 3.8) is 0 Å². The van der Waals surface area contributed by atoms with Gasteiger partial charge < -0.3 is 5.32 Å². The van der Waals surface area contributed by atoms with Gasteiger partial charge in [0.15, 0.2) is 0 Å². The van der Waals surface area contributed by atoms with E-state index in [1.807, 2.05) is 18.2 Å². The molecule has 0 aliphatic rings. The molecule has 108 valence electrons. The fourth-order valence-electron chi connectivity index (χ4n) is 2.19. The summed E-state index contributed by atoms with van der Waals surface area (Å²) in [5, 5.41) is 12.1. The minimum absolute atomic E-state index is 0.349. The molecular weight excluding hydrogens is 263 g/mol. The second-order valence-corrected chi connectivity index (χ2v) is 5.11. The lowest BCUT2D eigenvalue weighted by atomic mass is 10.1. The van der Waals surface area contributed by atoms with Crippen LogP contribution in [-0.4, -0.2) is 0 Å². The summed E-state index contributed by atoms with van der Waals surface area (Å²) in [5.41, 5.74) is 3.45. The zero-order valence-electron chi connectivity index (χ0n) is 12.2. The van der Waals surface area contributed by atoms with Gasteiger partial charge in [0.2, 0.25) is 0 Å². The average molecular weight is 282 g/mol. The summed E-state index contributed by atoms with van der Waals surface area (Å²) in [6.45, 7) is 2.69. The van der Waals surface area contributed by atoms with E-state index in [1.165, 1.54) is 30.5 Å². The number of aryl methyl sites for hydroxylation is 1. The molecule has 0 amide bonds. The number of benzene rings is 2. The molecule has 0 aromatic heterocycles. The Morgan fingerprint density at radius 1 is 1.10 bits per heavy atom. The summed E-state index contributed by atoms with van der Waals surface area (Å²) in [6.07, 6.45) is 3.50. The standard InChI is InChI=1S/C18H19FN2/c1-2-3-4-14-5-7-18(8-6-14)21-13-16-9-15(12-20)10-17(19)11-16/h5-11,21H,2-4,13H2,1H3. The fourth-order valence-corrected chi connectivity index (χ4v) is 2.19. The van der Waals surface area contributed by atoms with Crippen molar-refractivity contribution in [1.82, 2.24) is 0 Å². The number of hydrogen-bond acceptors (Lipinski definition) is 2. The van der Waals surface area contributed by atoms with Crippen molar-refractivity contribution in [2.24, 2.45) is 0 Å². The third kappa shape index (κ3) is 4.61. The summed E-state index contributed by atoms with van der Waals surface area (Å²) in [4.78, 5) is 0. The highest BCUT2D eigenvalue weighted by molar-refractivity contribution is 5.45. The SMILES string of the molecule is CCCCc1ccc(NCc2cc(F)cc(C#N)c2)cc1. The minimum Gasteiger partial charge on any atom is -0.381 e. The highest BCUT2D eigenvalue weighted by Crippen LogP contribution is 2.14. The third-order valence-electron chi connectivity index (χ3n) is 3.36. The van der Waals surface area contributed by atoms with Crippen LogP contribution in [0.25, 0.3) is 0 Å². The van der Waals surface area contributed by atoms with Crippen LogP contribution in [0, 0.1) is 17.1 Å². The molecule has 3 heteroatoms. The predicted molar refractivity (Wildman–Crippen MR) is 83.5 cm³/mol. The van der Waals surface area contributed by atoms with Crippen molar-refractivity contribution >= 4 is 5.69 Å². The van der Waals surface area contributed by atoms with E-state index in [9.17, 15) is 4.39 Å². The summed E-state index contributed by atoms with van der Waals surface area (Å²) in [6, 6.07) is 14.7. The predicted octanol–water partition coefficient (Wildman–Crippen LogP) is 4.65. The van der Waals surface area contributed by atoms with Crippen LogP contribution >= 0.6 is 0 Å². The second-order valence-electron chi connectivity index (χ2n) is 5.11. The maximum atomic E-state index is 13.3. The van der Waals surface area contributed by atoms with Gasteiger partial charge in [-0.25, -0.2) is 4.39 Å². The zero-order chi connectivity index (χ0) is 15.1. The van der Waals surface area contributed by atoms with E-state index >= 15 is 0 Å². The van der Waals surface area contributed by atoms with Crippen molar-refractivity contribution < 1.29 is 4.39 Å². The summed E-state index contributed by atoms with van der Waals surface area (Å²) >= 11 is 0. The Morgan fingerprint density at radius 3 is 2.52 bits per heavy atom. The molecule has 1 N–H and O–H groups in total. The number of unbranched alkanes of at least 4 members (excludes halogenated alkanes) is 1. The lowest BCUT2D eigenvalue weighted by Crippen LogP contribution is -2.00. The molecule has 2 nitrogen and oxygen atoms in total. The lowest BCUT2D eigenvalue weighted by Gasteiger charge is -2.08. The van der Waals surface area contributed by atoms with Crippen LogP contribution in [0.15, 0.2) is 42.5 Å². The minimum atomic E-state index is -0.374. The Hall–Kier alpha value is -2.34. The van der Waals surface area contributed by atoms with Crippen LogP contribution in [0.4, 0.5) is 10.1 Å². The van der Waals surface area contributed by atoms with Gasteiger partial charge in [0.05, 0.1) is 11.6 Å². The number of nitrogens with one attached hydrogen (secondary N) is 1. The number of nitrogens with zero attached hydrogens (tertiary/aromatic N) is 1. The zero-order valence-corrected chi connectivity index (χ0v) is 12.2. The Balaban J connectivity index is 1.97. The molecule has 0 heterocycles. The van der Waals surface area contributed by atoms with E-state index in [4.69, 9.17) is 5.26 Å². The number of hydrogen-bond donors (Lipinski definition) is 1. The van der Waals surface area contributed by atoms with Gasteiger partial charge in [-0.1, -0.05) is 25.5 Å². The first-order valence-electron chi connectivity index (χ1n) is 7.23. The lowest BCUT2D eigenvalue weighted by molar-refractivity contribution is 0.625. The van der Waals surface area contributed by atoms with Crippen molar-refractivity contribution in [3.05, 3.63) is 65.0 Å². The van der Waals surface area contributed by atoms with E-state index in [2.05, 4.69) is 24.4 Å². The Morgan fingerprint density at radius 2 is 1.86 bits per heavy atom. The van der Waals surface area contributed by atoms with Crippen LogP contribution in [0.5, 0.6) is 0 Å². The average Bonchev–Trinajstić information content (AvgIpc) is 2.51. The molecule has 0 aliphatic heterocycles. The van der Waals surface area contributed by atoms with Crippen LogP contribution < -0.4 is 5.32 Å². The first kappa shape index (κ1) is 15.1. The second kappa shape index (κ2) is 7.44. The van der Waals surface area contributed by atoms with Crippen molar-refractivity contribution in [2.45, 2.75) is 32.7 Å². The summed E-state index contributed by atoms with van der Waals surface area (Å²) < 4.78 is 13.3. The van der Waals surface area contributed by atoms with Crippen molar-refractivity contribution in [2.75, 3.05) is 5.32 Å². The van der Waals surface area contributed by atoms with Gasteiger partial charge in [0.25, 0.3) is 0 Å². The molecule has 2 aromatic rings. The topological polar surface area (TPSA) is 35.8 Å². The molecule has 2 rings (SSSR count). The molecule has 0 saturated heterocycles. The van der Waals surface area contributed by atoms with Gasteiger partial charge in [-0.05, 0) is 54.3 Å². The van der Waals surface area contributed by atoms with Crippen LogP contribution in [0.1, 0.15) is 36.5 Å².